The van der Waals surface area contributed by atoms with E-state index >= 15 is 0 Å². The second-order valence-electron chi connectivity index (χ2n) is 5.20. The molecule has 2 N–H and O–H groups in total. The Morgan fingerprint density at radius 3 is 1.18 bits per heavy atom. The molecule has 8 heteroatoms. The fourth-order valence-electron chi connectivity index (χ4n) is 2.42. The van der Waals surface area contributed by atoms with Gasteiger partial charge in [0.1, 0.15) is 11.5 Å². The van der Waals surface area contributed by atoms with Crippen LogP contribution >= 0.6 is 0 Å². The van der Waals surface area contributed by atoms with Gasteiger partial charge < -0.3 is 19.3 Å². The van der Waals surface area contributed by atoms with Crippen LogP contribution < -0.4 is 59.1 Å². The van der Waals surface area contributed by atoms with E-state index in [1.165, 1.54) is 0 Å². The molecule has 0 spiro atoms. The number of hydrogen-bond acceptors (Lipinski definition) is 5. The van der Waals surface area contributed by atoms with E-state index in [0.717, 1.165) is 21.5 Å². The first-order valence-corrected chi connectivity index (χ1v) is 8.59. The van der Waals surface area contributed by atoms with Crippen LogP contribution in [0.4, 0.5) is 0 Å². The fourth-order valence-corrected chi connectivity index (χ4v) is 2.42. The van der Waals surface area contributed by atoms with Gasteiger partial charge in [0, 0.05) is 10.8 Å². The molecule has 5 nitrogen and oxygen atoms in total. The van der Waals surface area contributed by atoms with Crippen LogP contribution in [0.1, 0.15) is 0 Å². The molecule has 4 aromatic rings. The minimum atomic E-state index is -3.11. The Morgan fingerprint density at radius 1 is 0.571 bits per heavy atom. The van der Waals surface area contributed by atoms with E-state index in [9.17, 15) is 10.2 Å². The van der Waals surface area contributed by atoms with Gasteiger partial charge in [-0.05, 0) is 22.9 Å². The third-order valence-corrected chi connectivity index (χ3v) is 3.53. The quantitative estimate of drug-likeness (QED) is 0.258. The van der Waals surface area contributed by atoms with Gasteiger partial charge in [-0.25, -0.2) is 0 Å². The van der Waals surface area contributed by atoms with Gasteiger partial charge in [-0.15, -0.1) is 11.4 Å². The predicted molar refractivity (Wildman–Crippen MR) is 101 cm³/mol. The molecular formula is C20H16Na2O5S. The summed E-state index contributed by atoms with van der Waals surface area (Å²) in [5.74, 6) is 0.700. The monoisotopic (exact) mass is 414 g/mol. The van der Waals surface area contributed by atoms with E-state index in [-0.39, 0.29) is 59.1 Å². The van der Waals surface area contributed by atoms with E-state index in [1.807, 2.05) is 72.8 Å². The summed E-state index contributed by atoms with van der Waals surface area (Å²) < 4.78 is 25.3. The molecule has 0 aliphatic heterocycles. The summed E-state index contributed by atoms with van der Waals surface area (Å²) in [6, 6.07) is 26.6. The molecule has 0 saturated carbocycles. The van der Waals surface area contributed by atoms with Crippen LogP contribution in [0, 0.1) is 0 Å². The van der Waals surface area contributed by atoms with Crippen LogP contribution in [-0.4, -0.2) is 23.5 Å². The van der Waals surface area contributed by atoms with E-state index in [4.69, 9.17) is 13.3 Å². The van der Waals surface area contributed by atoms with Crippen molar-refractivity contribution in [2.75, 3.05) is 0 Å². The maximum Gasteiger partial charge on any atom is 1.00 e. The molecule has 0 radical (unpaired) electrons. The molecule has 0 aliphatic rings. The summed E-state index contributed by atoms with van der Waals surface area (Å²) >= 11 is -3.11. The van der Waals surface area contributed by atoms with Crippen molar-refractivity contribution in [3.8, 4) is 11.5 Å². The van der Waals surface area contributed by atoms with E-state index in [1.54, 1.807) is 12.1 Å². The summed E-state index contributed by atoms with van der Waals surface area (Å²) in [6.45, 7) is 0. The summed E-state index contributed by atoms with van der Waals surface area (Å²) in [5, 5.41) is 22.7. The molecule has 134 valence electrons. The Bertz CT molecular complexity index is 935. The van der Waals surface area contributed by atoms with Gasteiger partial charge in [0.25, 0.3) is 0 Å². The largest absolute Gasteiger partial charge is 1.00 e. The zero-order valence-electron chi connectivity index (χ0n) is 15.6. The average molecular weight is 414 g/mol. The maximum absolute atomic E-state index is 9.37. The number of rotatable bonds is 0. The third-order valence-electron chi connectivity index (χ3n) is 3.53. The molecule has 4 rings (SSSR count). The van der Waals surface area contributed by atoms with Crippen LogP contribution in [-0.2, 0) is 11.4 Å². The molecule has 4 aromatic carbocycles. The van der Waals surface area contributed by atoms with Crippen molar-refractivity contribution in [3.63, 3.8) is 0 Å². The van der Waals surface area contributed by atoms with Crippen molar-refractivity contribution in [1.29, 1.82) is 0 Å². The molecule has 0 amide bonds. The smallest absolute Gasteiger partial charge is 0.784 e. The van der Waals surface area contributed by atoms with Gasteiger partial charge in [-0.2, -0.15) is 0 Å². The van der Waals surface area contributed by atoms with Crippen molar-refractivity contribution in [2.24, 2.45) is 0 Å². The molecule has 0 atom stereocenters. The second kappa shape index (κ2) is 14.1. The topological polar surface area (TPSA) is 104 Å². The standard InChI is InChI=1S/2C10H8O.2Na.H2O3S/c2*11-10-7-3-5-8-4-1-2-6-9(8)10;;;1-4(2)3/h2*1-7,11H;;;(H2,1,2,3)/q;;2*+1;/p-2. The molecule has 0 fully saturated rings. The Balaban J connectivity index is 0.000000415. The number of aromatic hydroxyl groups is 2. The molecule has 0 unspecified atom stereocenters. The number of hydrogen-bond donors (Lipinski definition) is 2. The van der Waals surface area contributed by atoms with Crippen LogP contribution in [0.5, 0.6) is 11.5 Å². The van der Waals surface area contributed by atoms with Gasteiger partial charge in [-0.3, -0.25) is 4.21 Å². The Labute approximate surface area is 210 Å². The zero-order valence-corrected chi connectivity index (χ0v) is 20.4. The van der Waals surface area contributed by atoms with Crippen molar-refractivity contribution < 1.29 is 82.6 Å². The zero-order chi connectivity index (χ0) is 18.9. The van der Waals surface area contributed by atoms with Crippen LogP contribution in [0.25, 0.3) is 21.5 Å². The fraction of sp³-hybridized carbons (Fsp3) is 0. The predicted octanol–water partition coefficient (Wildman–Crippen LogP) is -1.91. The van der Waals surface area contributed by atoms with Gasteiger partial charge in [0.15, 0.2) is 0 Å². The third kappa shape index (κ3) is 8.61. The van der Waals surface area contributed by atoms with Crippen LogP contribution in [0.15, 0.2) is 84.9 Å². The first-order chi connectivity index (χ1) is 12.5. The second-order valence-corrected chi connectivity index (χ2v) is 5.61. The van der Waals surface area contributed by atoms with Crippen molar-refractivity contribution in [1.82, 2.24) is 0 Å². The van der Waals surface area contributed by atoms with Gasteiger partial charge in [0.05, 0.1) is 0 Å². The molecule has 0 heterocycles. The normalized spacial score (nSPS) is 9.25. The van der Waals surface area contributed by atoms with E-state index in [2.05, 4.69) is 0 Å². The molecule has 28 heavy (non-hydrogen) atoms. The minimum absolute atomic E-state index is 0. The summed E-state index contributed by atoms with van der Waals surface area (Å²) in [4.78, 5) is 0. The van der Waals surface area contributed by atoms with Crippen molar-refractivity contribution >= 4 is 32.9 Å². The van der Waals surface area contributed by atoms with Crippen molar-refractivity contribution in [2.45, 2.75) is 0 Å². The SMILES string of the molecule is O=S([O-])[O-].Oc1cccc2ccccc12.Oc1cccc2ccccc12.[Na+].[Na+]. The Kier molecular flexibility index (Phi) is 13.6. The van der Waals surface area contributed by atoms with E-state index in [0.29, 0.717) is 11.5 Å². The van der Waals surface area contributed by atoms with Gasteiger partial charge in [0.2, 0.25) is 0 Å². The summed E-state index contributed by atoms with van der Waals surface area (Å²) in [7, 11) is 0. The van der Waals surface area contributed by atoms with Crippen LogP contribution in [0.2, 0.25) is 0 Å². The van der Waals surface area contributed by atoms with Crippen molar-refractivity contribution in [3.05, 3.63) is 84.9 Å². The molecule has 0 aliphatic carbocycles. The minimum Gasteiger partial charge on any atom is -0.784 e. The van der Waals surface area contributed by atoms with Crippen LogP contribution in [0.3, 0.4) is 0 Å². The number of fused-ring (bicyclic) bond motifs is 2. The number of phenolic OH excluding ortho intramolecular Hbond substituents is 2. The Hall–Kier alpha value is -0.930. The Morgan fingerprint density at radius 2 is 0.857 bits per heavy atom. The average Bonchev–Trinajstić information content (AvgIpc) is 2.63. The number of phenols is 2. The molecule has 0 aromatic heterocycles. The number of benzene rings is 4. The molecule has 0 bridgehead atoms. The maximum atomic E-state index is 9.37. The molecular weight excluding hydrogens is 398 g/mol. The van der Waals surface area contributed by atoms with Gasteiger partial charge >= 0.3 is 59.1 Å². The summed E-state index contributed by atoms with van der Waals surface area (Å²) in [5.41, 5.74) is 0. The summed E-state index contributed by atoms with van der Waals surface area (Å²) in [6.07, 6.45) is 0. The van der Waals surface area contributed by atoms with E-state index < -0.39 is 11.4 Å². The first kappa shape index (κ1) is 27.1. The molecule has 0 saturated heterocycles. The first-order valence-electron chi connectivity index (χ1n) is 7.59. The van der Waals surface area contributed by atoms with Gasteiger partial charge in [-0.1, -0.05) is 72.8 Å².